The second-order valence-corrected chi connectivity index (χ2v) is 9.27. The van der Waals surface area contributed by atoms with E-state index in [2.05, 4.69) is 34.1 Å². The molecule has 1 saturated heterocycles. The molecule has 3 N–H and O–H groups in total. The number of aliphatic hydroxyl groups is 1. The summed E-state index contributed by atoms with van der Waals surface area (Å²) in [6.07, 6.45) is 0.199. The van der Waals surface area contributed by atoms with Crippen LogP contribution in [-0.4, -0.2) is 55.4 Å². The van der Waals surface area contributed by atoms with Gasteiger partial charge in [0.15, 0.2) is 0 Å². The molecule has 4 rings (SSSR count). The first-order valence-corrected chi connectivity index (χ1v) is 11.9. The molecule has 0 spiro atoms. The Bertz CT molecular complexity index is 1100. The van der Waals surface area contributed by atoms with Gasteiger partial charge in [0.05, 0.1) is 10.7 Å². The van der Waals surface area contributed by atoms with Crippen molar-refractivity contribution in [3.05, 3.63) is 88.2 Å². The number of nitrogen functional groups attached to an aromatic ring is 1. The molecule has 1 heterocycles. The number of nitrogens with zero attached hydrogens (tertiary/aromatic N) is 2. The number of ether oxygens (including phenoxy) is 1. The highest BCUT2D eigenvalue weighted by molar-refractivity contribution is 6.33. The van der Waals surface area contributed by atoms with Crippen LogP contribution >= 0.6 is 48.8 Å². The lowest BCUT2D eigenvalue weighted by molar-refractivity contribution is 0.0661. The molecule has 1 fully saturated rings. The summed E-state index contributed by atoms with van der Waals surface area (Å²) in [5, 5.41) is 11.0. The summed E-state index contributed by atoms with van der Waals surface area (Å²) in [5.41, 5.74) is 10.7. The summed E-state index contributed by atoms with van der Waals surface area (Å²) in [5.74, 6) is 0.439. The Labute approximate surface area is 242 Å². The van der Waals surface area contributed by atoms with Gasteiger partial charge in [0.25, 0.3) is 0 Å². The third-order valence-corrected chi connectivity index (χ3v) is 6.52. The highest BCUT2D eigenvalue weighted by Gasteiger charge is 2.20. The lowest BCUT2D eigenvalue weighted by Crippen LogP contribution is -2.49. The second kappa shape index (κ2) is 15.5. The Balaban J connectivity index is 0.00000228. The van der Waals surface area contributed by atoms with Crippen LogP contribution in [0.2, 0.25) is 5.02 Å². The van der Waals surface area contributed by atoms with Crippen LogP contribution in [0.4, 0.5) is 15.8 Å². The first-order valence-electron chi connectivity index (χ1n) is 11.5. The summed E-state index contributed by atoms with van der Waals surface area (Å²) < 4.78 is 18.9. The van der Waals surface area contributed by atoms with Gasteiger partial charge in [-0.1, -0.05) is 35.9 Å². The molecule has 3 aromatic carbocycles. The molecule has 3 aromatic rings. The Morgan fingerprint density at radius 2 is 1.51 bits per heavy atom. The summed E-state index contributed by atoms with van der Waals surface area (Å²) in [6.45, 7) is 6.23. The van der Waals surface area contributed by atoms with E-state index in [4.69, 9.17) is 22.1 Å². The minimum atomic E-state index is -0.589. The Kier molecular flexibility index (Phi) is 13.8. The number of benzene rings is 3. The van der Waals surface area contributed by atoms with E-state index in [1.165, 1.54) is 23.4 Å². The Hall–Kier alpha value is -1.93. The fraction of sp³-hybridized carbons (Fsp3) is 0.333. The van der Waals surface area contributed by atoms with E-state index in [-0.39, 0.29) is 49.6 Å². The number of nitrogens with two attached hydrogens (primary N) is 1. The Morgan fingerprint density at radius 1 is 0.946 bits per heavy atom. The predicted octanol–water partition coefficient (Wildman–Crippen LogP) is 5.79. The normalized spacial score (nSPS) is 14.1. The highest BCUT2D eigenvalue weighted by Crippen LogP contribution is 2.28. The van der Waals surface area contributed by atoms with Gasteiger partial charge in [-0.25, -0.2) is 4.39 Å². The van der Waals surface area contributed by atoms with Gasteiger partial charge in [0, 0.05) is 44.5 Å². The molecule has 0 unspecified atom stereocenters. The monoisotopic (exact) mass is 591 g/mol. The van der Waals surface area contributed by atoms with Crippen molar-refractivity contribution in [2.45, 2.75) is 19.4 Å². The van der Waals surface area contributed by atoms with Crippen molar-refractivity contribution in [1.29, 1.82) is 0 Å². The molecule has 10 heteroatoms. The molecule has 0 aliphatic carbocycles. The van der Waals surface area contributed by atoms with Crippen molar-refractivity contribution in [2.24, 2.45) is 0 Å². The van der Waals surface area contributed by atoms with Crippen LogP contribution in [0.15, 0.2) is 60.7 Å². The first-order chi connectivity index (χ1) is 16.4. The minimum Gasteiger partial charge on any atom is -0.490 e. The van der Waals surface area contributed by atoms with E-state index < -0.39 is 6.10 Å². The zero-order chi connectivity index (χ0) is 24.1. The molecule has 5 nitrogen and oxygen atoms in total. The van der Waals surface area contributed by atoms with Crippen LogP contribution in [-0.2, 0) is 6.42 Å². The van der Waals surface area contributed by atoms with E-state index >= 15 is 0 Å². The average molecular weight is 593 g/mol. The van der Waals surface area contributed by atoms with Crippen LogP contribution in [0.1, 0.15) is 16.7 Å². The molecular weight excluding hydrogens is 559 g/mol. The van der Waals surface area contributed by atoms with Gasteiger partial charge < -0.3 is 20.5 Å². The standard InChI is InChI=1S/C27H31ClFN3O2.3ClH/c1-19-14-25(28)26(30)16-27(19)34-18-24(33)17-31-10-12-32(13-11-31)23-8-4-21(5-9-23)15-20-2-6-22(29)7-3-20;;;/h2-9,14,16,24,33H,10-13,15,17-18,30H2,1H3;3*1H/t24-;;;/m0.../s1. The smallest absolute Gasteiger partial charge is 0.124 e. The molecule has 1 aliphatic heterocycles. The zero-order valence-electron chi connectivity index (χ0n) is 20.6. The summed E-state index contributed by atoms with van der Waals surface area (Å²) in [7, 11) is 0. The van der Waals surface area contributed by atoms with Crippen molar-refractivity contribution in [3.8, 4) is 5.75 Å². The molecule has 1 aliphatic rings. The van der Waals surface area contributed by atoms with Crippen molar-refractivity contribution in [3.63, 3.8) is 0 Å². The van der Waals surface area contributed by atoms with Crippen LogP contribution in [0, 0.1) is 12.7 Å². The van der Waals surface area contributed by atoms with Crippen molar-refractivity contribution >= 4 is 60.2 Å². The van der Waals surface area contributed by atoms with E-state index in [1.807, 2.05) is 19.1 Å². The lowest BCUT2D eigenvalue weighted by Gasteiger charge is -2.37. The molecule has 204 valence electrons. The van der Waals surface area contributed by atoms with Crippen molar-refractivity contribution < 1.29 is 14.2 Å². The molecular formula is C27H34Cl4FN3O2. The summed E-state index contributed by atoms with van der Waals surface area (Å²) in [4.78, 5) is 4.62. The first kappa shape index (κ1) is 33.1. The molecule has 1 atom stereocenters. The minimum absolute atomic E-state index is 0. The fourth-order valence-electron chi connectivity index (χ4n) is 4.21. The largest absolute Gasteiger partial charge is 0.490 e. The maximum atomic E-state index is 13.1. The van der Waals surface area contributed by atoms with Crippen molar-refractivity contribution in [2.75, 3.05) is 50.0 Å². The number of hydrogen-bond acceptors (Lipinski definition) is 5. The second-order valence-electron chi connectivity index (χ2n) is 8.86. The number of β-amino-alcohol motifs (C(OH)–C–C–N with tert-alkyl or cyclic N) is 1. The van der Waals surface area contributed by atoms with E-state index in [0.29, 0.717) is 23.0 Å². The van der Waals surface area contributed by atoms with Gasteiger partial charge in [0.1, 0.15) is 24.3 Å². The third kappa shape index (κ3) is 9.40. The molecule has 0 bridgehead atoms. The topological polar surface area (TPSA) is 62.0 Å². The number of aryl methyl sites for hydroxylation is 1. The maximum Gasteiger partial charge on any atom is 0.124 e. The van der Waals surface area contributed by atoms with Gasteiger partial charge in [0.2, 0.25) is 0 Å². The van der Waals surface area contributed by atoms with Crippen LogP contribution < -0.4 is 15.4 Å². The summed E-state index contributed by atoms with van der Waals surface area (Å²) >= 11 is 6.03. The molecule has 0 saturated carbocycles. The van der Waals surface area contributed by atoms with Gasteiger partial charge in [-0.2, -0.15) is 0 Å². The van der Waals surface area contributed by atoms with Crippen molar-refractivity contribution in [1.82, 2.24) is 4.90 Å². The van der Waals surface area contributed by atoms with E-state index in [1.54, 1.807) is 12.1 Å². The fourth-order valence-corrected chi connectivity index (χ4v) is 4.43. The average Bonchev–Trinajstić information content (AvgIpc) is 2.83. The highest BCUT2D eigenvalue weighted by atomic mass is 35.5. The molecule has 0 radical (unpaired) electrons. The number of piperazine rings is 1. The van der Waals surface area contributed by atoms with Gasteiger partial charge in [-0.05, 0) is 60.4 Å². The number of aliphatic hydroxyl groups excluding tert-OH is 1. The molecule has 0 amide bonds. The quantitative estimate of drug-likeness (QED) is 0.324. The lowest BCUT2D eigenvalue weighted by atomic mass is 10.0. The van der Waals surface area contributed by atoms with Gasteiger partial charge in [-0.3, -0.25) is 4.90 Å². The SMILES string of the molecule is Cc1cc(Cl)c(N)cc1OC[C@@H](O)CN1CCN(c2ccc(Cc3ccc(F)cc3)cc2)CC1.Cl.Cl.Cl. The van der Waals surface area contributed by atoms with Crippen LogP contribution in [0.3, 0.4) is 0 Å². The van der Waals surface area contributed by atoms with Gasteiger partial charge in [-0.15, -0.1) is 37.2 Å². The van der Waals surface area contributed by atoms with Gasteiger partial charge >= 0.3 is 0 Å². The number of hydrogen-bond donors (Lipinski definition) is 2. The predicted molar refractivity (Wildman–Crippen MR) is 158 cm³/mol. The number of halogens is 5. The molecule has 37 heavy (non-hydrogen) atoms. The van der Waals surface area contributed by atoms with Crippen LogP contribution in [0.25, 0.3) is 0 Å². The zero-order valence-corrected chi connectivity index (χ0v) is 23.8. The molecule has 0 aromatic heterocycles. The van der Waals surface area contributed by atoms with E-state index in [9.17, 15) is 9.50 Å². The Morgan fingerprint density at radius 3 is 2.11 bits per heavy atom. The number of anilines is 2. The number of rotatable bonds is 8. The van der Waals surface area contributed by atoms with Crippen LogP contribution in [0.5, 0.6) is 5.75 Å². The third-order valence-electron chi connectivity index (χ3n) is 6.19. The maximum absolute atomic E-state index is 13.1. The summed E-state index contributed by atoms with van der Waals surface area (Å²) in [6, 6.07) is 18.7. The van der Waals surface area contributed by atoms with E-state index in [0.717, 1.165) is 43.7 Å².